The van der Waals surface area contributed by atoms with Crippen molar-refractivity contribution in [2.24, 2.45) is 0 Å². The van der Waals surface area contributed by atoms with Crippen LogP contribution in [0.2, 0.25) is 0 Å². The first-order valence-electron chi connectivity index (χ1n) is 5.35. The number of aryl methyl sites for hydroxylation is 1. The predicted molar refractivity (Wildman–Crippen MR) is 63.5 cm³/mol. The number of hydrogen-bond acceptors (Lipinski definition) is 4. The summed E-state index contributed by atoms with van der Waals surface area (Å²) < 4.78 is 5.17. The van der Waals surface area contributed by atoms with Gasteiger partial charge < -0.3 is 15.2 Å². The molecule has 90 valence electrons. The molecule has 0 atom stereocenters. The molecule has 16 heavy (non-hydrogen) atoms. The van der Waals surface area contributed by atoms with E-state index in [9.17, 15) is 5.11 Å². The van der Waals surface area contributed by atoms with E-state index in [1.807, 2.05) is 19.1 Å². The second kappa shape index (κ2) is 5.27. The zero-order valence-electron chi connectivity index (χ0n) is 10.4. The lowest BCUT2D eigenvalue weighted by Gasteiger charge is -2.17. The summed E-state index contributed by atoms with van der Waals surface area (Å²) in [6.45, 7) is 6.63. The Labute approximate surface area is 96.7 Å². The summed E-state index contributed by atoms with van der Waals surface area (Å²) in [5.41, 5.74) is 1.15. The van der Waals surface area contributed by atoms with Gasteiger partial charge in [0.1, 0.15) is 5.75 Å². The van der Waals surface area contributed by atoms with Crippen LogP contribution in [0.5, 0.6) is 5.75 Å². The molecule has 0 radical (unpaired) electrons. The van der Waals surface area contributed by atoms with Crippen molar-refractivity contribution in [2.75, 3.05) is 13.7 Å². The van der Waals surface area contributed by atoms with Crippen LogP contribution in [0.4, 0.5) is 0 Å². The molecular weight excluding hydrogens is 204 g/mol. The van der Waals surface area contributed by atoms with E-state index in [-0.39, 0.29) is 0 Å². The quantitative estimate of drug-likeness (QED) is 0.790. The van der Waals surface area contributed by atoms with Gasteiger partial charge in [0.25, 0.3) is 0 Å². The van der Waals surface area contributed by atoms with Gasteiger partial charge in [-0.3, -0.25) is 4.98 Å². The number of pyridine rings is 1. The molecule has 0 saturated heterocycles. The van der Waals surface area contributed by atoms with Crippen LogP contribution in [0.15, 0.2) is 12.1 Å². The van der Waals surface area contributed by atoms with Crippen molar-refractivity contribution >= 4 is 0 Å². The molecule has 0 aliphatic rings. The summed E-state index contributed by atoms with van der Waals surface area (Å²) in [7, 11) is 1.64. The minimum atomic E-state index is -0.700. The highest BCUT2D eigenvalue weighted by atomic mass is 16.5. The molecule has 4 heteroatoms. The van der Waals surface area contributed by atoms with E-state index in [4.69, 9.17) is 4.74 Å². The van der Waals surface area contributed by atoms with E-state index < -0.39 is 5.60 Å². The van der Waals surface area contributed by atoms with Crippen molar-refractivity contribution in [3.63, 3.8) is 0 Å². The minimum absolute atomic E-state index is 0.533. The second-order valence-electron chi connectivity index (χ2n) is 4.56. The Balaban J connectivity index is 2.57. The third-order valence-corrected chi connectivity index (χ3v) is 2.08. The zero-order chi connectivity index (χ0) is 12.2. The number of nitrogens with one attached hydrogen (secondary N) is 1. The molecule has 0 aromatic carbocycles. The van der Waals surface area contributed by atoms with Crippen molar-refractivity contribution < 1.29 is 9.84 Å². The number of aromatic nitrogens is 1. The first-order valence-corrected chi connectivity index (χ1v) is 5.35. The fourth-order valence-electron chi connectivity index (χ4n) is 1.41. The lowest BCUT2D eigenvalue weighted by molar-refractivity contribution is 0.0794. The number of nitrogens with zero attached hydrogens (tertiary/aromatic N) is 1. The van der Waals surface area contributed by atoms with Gasteiger partial charge in [-0.25, -0.2) is 0 Å². The van der Waals surface area contributed by atoms with Crippen molar-refractivity contribution in [3.05, 3.63) is 23.5 Å². The smallest absolute Gasteiger partial charge is 0.122 e. The van der Waals surface area contributed by atoms with Gasteiger partial charge in [0.2, 0.25) is 0 Å². The van der Waals surface area contributed by atoms with Gasteiger partial charge in [-0.05, 0) is 20.8 Å². The topological polar surface area (TPSA) is 54.4 Å². The average Bonchev–Trinajstić information content (AvgIpc) is 2.14. The third-order valence-electron chi connectivity index (χ3n) is 2.08. The van der Waals surface area contributed by atoms with E-state index >= 15 is 0 Å². The Kier molecular flexibility index (Phi) is 4.26. The molecule has 1 heterocycles. The Morgan fingerprint density at radius 3 is 2.69 bits per heavy atom. The van der Waals surface area contributed by atoms with Crippen molar-refractivity contribution in [1.82, 2.24) is 10.3 Å². The lowest BCUT2D eigenvalue weighted by Crippen LogP contribution is -2.34. The van der Waals surface area contributed by atoms with Crippen LogP contribution in [0, 0.1) is 6.92 Å². The Morgan fingerprint density at radius 1 is 1.44 bits per heavy atom. The first-order chi connectivity index (χ1) is 7.40. The first kappa shape index (κ1) is 12.9. The van der Waals surface area contributed by atoms with Crippen LogP contribution in [0.3, 0.4) is 0 Å². The molecule has 0 spiro atoms. The minimum Gasteiger partial charge on any atom is -0.497 e. The van der Waals surface area contributed by atoms with E-state index in [0.29, 0.717) is 13.1 Å². The molecule has 1 rings (SSSR count). The molecular formula is C12H20N2O2. The molecule has 0 amide bonds. The molecule has 2 N–H and O–H groups in total. The molecule has 1 aromatic heterocycles. The molecule has 0 unspecified atom stereocenters. The van der Waals surface area contributed by atoms with Gasteiger partial charge >= 0.3 is 0 Å². The third kappa shape index (κ3) is 4.59. The van der Waals surface area contributed by atoms with Gasteiger partial charge in [-0.1, -0.05) is 0 Å². The summed E-state index contributed by atoms with van der Waals surface area (Å²) in [5, 5.41) is 12.7. The second-order valence-corrected chi connectivity index (χ2v) is 4.56. The van der Waals surface area contributed by atoms with Gasteiger partial charge in [-0.2, -0.15) is 0 Å². The molecule has 0 bridgehead atoms. The molecule has 0 fully saturated rings. The fraction of sp³-hybridized carbons (Fsp3) is 0.583. The van der Waals surface area contributed by atoms with Crippen LogP contribution in [-0.2, 0) is 6.54 Å². The van der Waals surface area contributed by atoms with Crippen molar-refractivity contribution in [2.45, 2.75) is 32.9 Å². The number of methoxy groups -OCH3 is 1. The van der Waals surface area contributed by atoms with Crippen LogP contribution in [0.1, 0.15) is 25.2 Å². The number of aliphatic hydroxyl groups is 1. The maximum atomic E-state index is 9.54. The lowest BCUT2D eigenvalue weighted by atomic mass is 10.1. The summed E-state index contributed by atoms with van der Waals surface area (Å²) in [5.74, 6) is 0.813. The van der Waals surface area contributed by atoms with E-state index in [0.717, 1.165) is 17.1 Å². The van der Waals surface area contributed by atoms with Crippen molar-refractivity contribution in [1.29, 1.82) is 0 Å². The van der Waals surface area contributed by atoms with E-state index in [2.05, 4.69) is 10.3 Å². The highest BCUT2D eigenvalue weighted by Crippen LogP contribution is 2.13. The summed E-state index contributed by atoms with van der Waals surface area (Å²) in [4.78, 5) is 4.38. The monoisotopic (exact) mass is 224 g/mol. The molecule has 4 nitrogen and oxygen atoms in total. The number of ether oxygens (including phenoxy) is 1. The van der Waals surface area contributed by atoms with Crippen LogP contribution in [0.25, 0.3) is 0 Å². The fourth-order valence-corrected chi connectivity index (χ4v) is 1.41. The summed E-state index contributed by atoms with van der Waals surface area (Å²) in [6, 6.07) is 3.78. The molecule has 1 aromatic rings. The van der Waals surface area contributed by atoms with Crippen LogP contribution >= 0.6 is 0 Å². The Hall–Kier alpha value is -1.13. The summed E-state index contributed by atoms with van der Waals surface area (Å²) >= 11 is 0. The molecule has 0 aliphatic heterocycles. The SMILES string of the molecule is COc1cc(C)nc(CNCC(C)(C)O)c1. The maximum absolute atomic E-state index is 9.54. The highest BCUT2D eigenvalue weighted by molar-refractivity contribution is 5.26. The van der Waals surface area contributed by atoms with Crippen molar-refractivity contribution in [3.8, 4) is 5.75 Å². The average molecular weight is 224 g/mol. The van der Waals surface area contributed by atoms with Gasteiger partial charge in [0.05, 0.1) is 18.4 Å². The van der Waals surface area contributed by atoms with Gasteiger partial charge in [0.15, 0.2) is 0 Å². The summed E-state index contributed by atoms with van der Waals surface area (Å²) in [6.07, 6.45) is 0. The maximum Gasteiger partial charge on any atom is 0.122 e. The zero-order valence-corrected chi connectivity index (χ0v) is 10.4. The van der Waals surface area contributed by atoms with Crippen LogP contribution < -0.4 is 10.1 Å². The Bertz CT molecular complexity index is 345. The predicted octanol–water partition coefficient (Wildman–Crippen LogP) is 1.26. The number of rotatable bonds is 5. The molecule has 0 aliphatic carbocycles. The largest absolute Gasteiger partial charge is 0.497 e. The normalized spacial score (nSPS) is 11.6. The number of hydrogen-bond donors (Lipinski definition) is 2. The standard InChI is InChI=1S/C12H20N2O2/c1-9-5-11(16-4)6-10(14-9)7-13-8-12(2,3)15/h5-6,13,15H,7-8H2,1-4H3. The van der Waals surface area contributed by atoms with Gasteiger partial charge in [0, 0.05) is 30.9 Å². The van der Waals surface area contributed by atoms with E-state index in [1.54, 1.807) is 21.0 Å². The van der Waals surface area contributed by atoms with Gasteiger partial charge in [-0.15, -0.1) is 0 Å². The Morgan fingerprint density at radius 2 is 2.12 bits per heavy atom. The van der Waals surface area contributed by atoms with E-state index in [1.165, 1.54) is 0 Å². The highest BCUT2D eigenvalue weighted by Gasteiger charge is 2.11. The van der Waals surface area contributed by atoms with Crippen LogP contribution in [-0.4, -0.2) is 29.3 Å². The molecule has 0 saturated carbocycles.